The van der Waals surface area contributed by atoms with E-state index in [0.717, 1.165) is 40.9 Å². The van der Waals surface area contributed by atoms with Gasteiger partial charge in [-0.1, -0.05) is 18.2 Å². The highest BCUT2D eigenvalue weighted by molar-refractivity contribution is 7.79. The molecular formula is C29H39N7O7S. The molecule has 0 aliphatic carbocycles. The van der Waals surface area contributed by atoms with E-state index in [2.05, 4.69) is 48.3 Å². The maximum Gasteiger partial charge on any atom is 0.394 e. The van der Waals surface area contributed by atoms with Gasteiger partial charge in [-0.25, -0.2) is 9.97 Å². The number of methoxy groups -OCH3 is 2. The molecule has 0 unspecified atom stereocenters. The summed E-state index contributed by atoms with van der Waals surface area (Å²) >= 11 is 0. The van der Waals surface area contributed by atoms with E-state index in [4.69, 9.17) is 32.0 Å². The number of carbonyl (C=O) groups excluding carboxylic acids is 1. The molecule has 4 aromatic rings. The van der Waals surface area contributed by atoms with Crippen molar-refractivity contribution < 1.29 is 31.8 Å². The van der Waals surface area contributed by atoms with Crippen molar-refractivity contribution in [1.82, 2.24) is 19.4 Å². The Morgan fingerprint density at radius 2 is 1.75 bits per heavy atom. The predicted molar refractivity (Wildman–Crippen MR) is 171 cm³/mol. The van der Waals surface area contributed by atoms with E-state index >= 15 is 0 Å². The number of hydrogen-bond donors (Lipinski definition) is 4. The minimum absolute atomic E-state index is 0.135. The molecule has 0 aliphatic heterocycles. The zero-order chi connectivity index (χ0) is 32.4. The lowest BCUT2D eigenvalue weighted by molar-refractivity contribution is -0.117. The first kappa shape index (κ1) is 34.2. The van der Waals surface area contributed by atoms with Crippen molar-refractivity contribution in [2.24, 2.45) is 7.05 Å². The van der Waals surface area contributed by atoms with Gasteiger partial charge in [0.25, 0.3) is 0 Å². The minimum atomic E-state index is -4.67. The smallest absolute Gasteiger partial charge is 0.394 e. The number of nitrogens with zero attached hydrogens (tertiary/aromatic N) is 5. The van der Waals surface area contributed by atoms with Gasteiger partial charge in [0.2, 0.25) is 11.9 Å². The van der Waals surface area contributed by atoms with Crippen LogP contribution in [0.2, 0.25) is 0 Å². The molecule has 44 heavy (non-hydrogen) atoms. The number of nitrogens with one attached hydrogen (secondary N) is 2. The molecule has 4 rings (SSSR count). The summed E-state index contributed by atoms with van der Waals surface area (Å²) in [5.74, 6) is 0.893. The Hall–Kier alpha value is -4.28. The van der Waals surface area contributed by atoms with E-state index in [1.807, 2.05) is 58.5 Å². The zero-order valence-electron chi connectivity index (χ0n) is 25.6. The van der Waals surface area contributed by atoms with Crippen molar-refractivity contribution in [1.29, 1.82) is 0 Å². The lowest BCUT2D eigenvalue weighted by atomic mass is 10.1. The minimum Gasteiger partial charge on any atom is -0.494 e. The maximum atomic E-state index is 12.7. The molecule has 15 heteroatoms. The van der Waals surface area contributed by atoms with Crippen LogP contribution in [0.4, 0.5) is 23.0 Å². The second kappa shape index (κ2) is 15.4. The summed E-state index contributed by atoms with van der Waals surface area (Å²) < 4.78 is 44.5. The Morgan fingerprint density at radius 3 is 2.41 bits per heavy atom. The highest BCUT2D eigenvalue weighted by Gasteiger charge is 2.18. The van der Waals surface area contributed by atoms with E-state index in [0.29, 0.717) is 29.7 Å². The van der Waals surface area contributed by atoms with Crippen molar-refractivity contribution in [3.05, 3.63) is 54.9 Å². The molecule has 0 bridgehead atoms. The lowest BCUT2D eigenvalue weighted by Gasteiger charge is -2.26. The number of hydrogen-bond acceptors (Lipinski definition) is 10. The topological polar surface area (TPSA) is 171 Å². The number of rotatable bonds is 12. The predicted octanol–water partition coefficient (Wildman–Crippen LogP) is 3.71. The average molecular weight is 630 g/mol. The van der Waals surface area contributed by atoms with Crippen molar-refractivity contribution >= 4 is 50.2 Å². The van der Waals surface area contributed by atoms with E-state index < -0.39 is 10.4 Å². The molecule has 0 fully saturated rings. The molecule has 4 N–H and O–H groups in total. The van der Waals surface area contributed by atoms with Gasteiger partial charge in [-0.3, -0.25) is 13.9 Å². The molecule has 0 saturated carbocycles. The van der Waals surface area contributed by atoms with Gasteiger partial charge in [0, 0.05) is 69.2 Å². The standard InChI is InChI=1S/C29H37N7O3.H2O4S/c1-34(2)14-15-35(3)26-18-27(39-6)24(17-23(26)31-28(37)12-16-38-5)33-29-30-13-11-22(32-29)21-19-36(4)25-10-8-7-9-20(21)25;1-5(2,3)4/h7-11,13,17-19H,12,14-16H2,1-6H3,(H,31,37)(H,30,32,33);(H2,1,2,3,4). The molecular weight excluding hydrogens is 590 g/mol. The summed E-state index contributed by atoms with van der Waals surface area (Å²) in [6.07, 6.45) is 4.06. The molecule has 14 nitrogen and oxygen atoms in total. The molecule has 0 radical (unpaired) electrons. The van der Waals surface area contributed by atoms with Gasteiger partial charge in [0.1, 0.15) is 5.75 Å². The number of fused-ring (bicyclic) bond motifs is 1. The van der Waals surface area contributed by atoms with Crippen molar-refractivity contribution in [2.45, 2.75) is 6.42 Å². The summed E-state index contributed by atoms with van der Waals surface area (Å²) in [6.45, 7) is 1.96. The quantitative estimate of drug-likeness (QED) is 0.168. The number of benzene rings is 2. The molecule has 2 heterocycles. The van der Waals surface area contributed by atoms with Crippen LogP contribution in [0.15, 0.2) is 54.9 Å². The molecule has 2 aromatic carbocycles. The zero-order valence-corrected chi connectivity index (χ0v) is 26.4. The van der Waals surface area contributed by atoms with E-state index in [-0.39, 0.29) is 12.3 Å². The van der Waals surface area contributed by atoms with Crippen LogP contribution in [0, 0.1) is 0 Å². The summed E-state index contributed by atoms with van der Waals surface area (Å²) in [7, 11) is 6.61. The number of anilines is 4. The third-order valence-electron chi connectivity index (χ3n) is 6.49. The van der Waals surface area contributed by atoms with Gasteiger partial charge in [0.05, 0.1) is 42.9 Å². The second-order valence-electron chi connectivity index (χ2n) is 10.1. The highest BCUT2D eigenvalue weighted by Crippen LogP contribution is 2.38. The van der Waals surface area contributed by atoms with Crippen LogP contribution in [0.3, 0.4) is 0 Å². The third-order valence-corrected chi connectivity index (χ3v) is 6.49. The van der Waals surface area contributed by atoms with E-state index in [9.17, 15) is 4.79 Å². The average Bonchev–Trinajstić information content (AvgIpc) is 3.30. The molecule has 2 aromatic heterocycles. The second-order valence-corrected chi connectivity index (χ2v) is 11.0. The van der Waals surface area contributed by atoms with Gasteiger partial charge in [-0.15, -0.1) is 0 Å². The van der Waals surface area contributed by atoms with Crippen molar-refractivity contribution in [2.75, 3.05) is 70.6 Å². The molecule has 0 atom stereocenters. The first-order valence-electron chi connectivity index (χ1n) is 13.5. The summed E-state index contributed by atoms with van der Waals surface area (Å²) in [4.78, 5) is 26.1. The van der Waals surface area contributed by atoms with Crippen LogP contribution in [-0.2, 0) is 27.0 Å². The number of likely N-dealkylation sites (N-methyl/N-ethyl adjacent to an activating group) is 2. The fourth-order valence-electron chi connectivity index (χ4n) is 4.36. The number of ether oxygens (including phenoxy) is 2. The van der Waals surface area contributed by atoms with Gasteiger partial charge in [0.15, 0.2) is 0 Å². The van der Waals surface area contributed by atoms with Crippen molar-refractivity contribution in [3.8, 4) is 17.0 Å². The SMILES string of the molecule is COCCC(=O)Nc1cc(Nc2nccc(-c3cn(C)c4ccccc34)n2)c(OC)cc1N(C)CCN(C)C.O=S(=O)(O)O. The van der Waals surface area contributed by atoms with Gasteiger partial charge in [-0.2, -0.15) is 8.42 Å². The number of carbonyl (C=O) groups is 1. The number of para-hydroxylation sites is 1. The van der Waals surface area contributed by atoms with Crippen LogP contribution in [-0.4, -0.2) is 97.9 Å². The molecule has 1 amide bonds. The third kappa shape index (κ3) is 9.89. The van der Waals surface area contributed by atoms with Crippen LogP contribution in [0.1, 0.15) is 6.42 Å². The van der Waals surface area contributed by atoms with Crippen LogP contribution < -0.4 is 20.3 Å². The van der Waals surface area contributed by atoms with Crippen LogP contribution >= 0.6 is 0 Å². The lowest BCUT2D eigenvalue weighted by Crippen LogP contribution is -2.29. The molecule has 0 saturated heterocycles. The number of amides is 1. The van der Waals surface area contributed by atoms with Gasteiger partial charge >= 0.3 is 10.4 Å². The first-order valence-corrected chi connectivity index (χ1v) is 14.9. The van der Waals surface area contributed by atoms with Gasteiger partial charge in [-0.05, 0) is 32.3 Å². The monoisotopic (exact) mass is 629 g/mol. The van der Waals surface area contributed by atoms with Crippen LogP contribution in [0.25, 0.3) is 22.2 Å². The number of aromatic nitrogens is 3. The Bertz CT molecular complexity index is 1670. The first-order chi connectivity index (χ1) is 20.8. The summed E-state index contributed by atoms with van der Waals surface area (Å²) in [6, 6.07) is 13.9. The Kier molecular flexibility index (Phi) is 12.0. The largest absolute Gasteiger partial charge is 0.494 e. The molecule has 0 aliphatic rings. The fourth-order valence-corrected chi connectivity index (χ4v) is 4.36. The fraction of sp³-hybridized carbons (Fsp3) is 0.345. The molecule has 238 valence electrons. The Morgan fingerprint density at radius 1 is 1.05 bits per heavy atom. The van der Waals surface area contributed by atoms with E-state index in [1.54, 1.807) is 20.4 Å². The maximum absolute atomic E-state index is 12.7. The summed E-state index contributed by atoms with van der Waals surface area (Å²) in [5.41, 5.74) is 5.09. The van der Waals surface area contributed by atoms with E-state index in [1.165, 1.54) is 0 Å². The number of aryl methyl sites for hydroxylation is 1. The Labute approximate surface area is 257 Å². The van der Waals surface area contributed by atoms with Crippen molar-refractivity contribution in [3.63, 3.8) is 0 Å². The van der Waals surface area contributed by atoms with Crippen LogP contribution in [0.5, 0.6) is 5.75 Å². The molecule has 0 spiro atoms. The van der Waals surface area contributed by atoms with Gasteiger partial charge < -0.3 is 34.5 Å². The normalized spacial score (nSPS) is 11.2. The summed E-state index contributed by atoms with van der Waals surface area (Å²) in [5, 5.41) is 7.46. The Balaban J connectivity index is 0.000000978. The highest BCUT2D eigenvalue weighted by atomic mass is 32.3.